The molecule has 0 unspecified atom stereocenters. The lowest BCUT2D eigenvalue weighted by atomic mass is 10.1. The van der Waals surface area contributed by atoms with Gasteiger partial charge in [0.05, 0.1) is 6.54 Å². The van der Waals surface area contributed by atoms with Crippen molar-refractivity contribution in [3.63, 3.8) is 0 Å². The maximum Gasteiger partial charge on any atom is 0.340 e. The van der Waals surface area contributed by atoms with Crippen LogP contribution in [0.25, 0.3) is 11.1 Å². The number of aryl methyl sites for hydroxylation is 2. The maximum absolute atomic E-state index is 12.7. The van der Waals surface area contributed by atoms with Crippen molar-refractivity contribution < 1.29 is 19.1 Å². The second kappa shape index (κ2) is 6.29. The van der Waals surface area contributed by atoms with Crippen LogP contribution in [0.15, 0.2) is 21.6 Å². The van der Waals surface area contributed by atoms with Crippen molar-refractivity contribution in [3.05, 3.63) is 51.0 Å². The van der Waals surface area contributed by atoms with Gasteiger partial charge in [0.15, 0.2) is 5.78 Å². The van der Waals surface area contributed by atoms with Gasteiger partial charge in [-0.05, 0) is 33.8 Å². The van der Waals surface area contributed by atoms with Crippen LogP contribution in [0.3, 0.4) is 0 Å². The summed E-state index contributed by atoms with van der Waals surface area (Å²) in [5, 5.41) is 9.20. The molecule has 0 bridgehead atoms. The number of aromatic nitrogens is 3. The average Bonchev–Trinajstić information content (AvgIpc) is 3.06. The topological polar surface area (TPSA) is 107 Å². The van der Waals surface area contributed by atoms with Gasteiger partial charge in [0, 0.05) is 23.5 Å². The van der Waals surface area contributed by atoms with E-state index in [0.717, 1.165) is 22.5 Å². The summed E-state index contributed by atoms with van der Waals surface area (Å²) in [6.07, 6.45) is 1.20. The van der Waals surface area contributed by atoms with Crippen LogP contribution in [0.4, 0.5) is 0 Å². The molecule has 0 aromatic carbocycles. The minimum Gasteiger partial charge on any atom is -0.478 e. The predicted octanol–water partition coefficient (Wildman–Crippen LogP) is 2.32. The lowest BCUT2D eigenvalue weighted by Crippen LogP contribution is -2.25. The Morgan fingerprint density at radius 1 is 1.27 bits per heavy atom. The smallest absolute Gasteiger partial charge is 0.340 e. The third kappa shape index (κ3) is 2.63. The first-order valence-electron chi connectivity index (χ1n) is 8.18. The van der Waals surface area contributed by atoms with Gasteiger partial charge in [0.1, 0.15) is 23.0 Å². The van der Waals surface area contributed by atoms with Crippen molar-refractivity contribution in [2.75, 3.05) is 0 Å². The number of carboxylic acids is 1. The first-order chi connectivity index (χ1) is 12.3. The summed E-state index contributed by atoms with van der Waals surface area (Å²) in [5.41, 5.74) is 1.47. The Hall–Kier alpha value is -3.16. The van der Waals surface area contributed by atoms with Gasteiger partial charge >= 0.3 is 5.97 Å². The van der Waals surface area contributed by atoms with Crippen molar-refractivity contribution in [2.45, 2.75) is 40.8 Å². The maximum atomic E-state index is 12.7. The molecule has 8 heteroatoms. The van der Waals surface area contributed by atoms with E-state index in [2.05, 4.69) is 4.98 Å². The van der Waals surface area contributed by atoms with Crippen LogP contribution in [0, 0.1) is 20.8 Å². The van der Waals surface area contributed by atoms with E-state index in [4.69, 9.17) is 4.42 Å². The molecule has 3 aromatic heterocycles. The standard InChI is InChI=1S/C18H19N3O5/c1-5-21-9(2)6-12(10(21)3)13(22)7-20-8-19-16-15(17(20)23)14(18(24)25)11(4)26-16/h6,8H,5,7H2,1-4H3,(H,24,25). The Labute approximate surface area is 148 Å². The van der Waals surface area contributed by atoms with E-state index < -0.39 is 11.5 Å². The highest BCUT2D eigenvalue weighted by atomic mass is 16.4. The molecule has 0 spiro atoms. The molecule has 0 saturated carbocycles. The van der Waals surface area contributed by atoms with Crippen molar-refractivity contribution >= 4 is 22.9 Å². The molecule has 3 rings (SSSR count). The van der Waals surface area contributed by atoms with Gasteiger partial charge in [0.2, 0.25) is 5.71 Å². The number of hydrogen-bond acceptors (Lipinski definition) is 5. The number of carbonyl (C=O) groups is 2. The molecular weight excluding hydrogens is 338 g/mol. The Morgan fingerprint density at radius 2 is 1.96 bits per heavy atom. The van der Waals surface area contributed by atoms with E-state index in [0.29, 0.717) is 5.56 Å². The molecule has 1 N–H and O–H groups in total. The average molecular weight is 357 g/mol. The van der Waals surface area contributed by atoms with Crippen LogP contribution < -0.4 is 5.56 Å². The summed E-state index contributed by atoms with van der Waals surface area (Å²) in [4.78, 5) is 40.8. The monoisotopic (exact) mass is 357 g/mol. The highest BCUT2D eigenvalue weighted by molar-refractivity contribution is 6.02. The molecule has 0 saturated heterocycles. The van der Waals surface area contributed by atoms with E-state index in [1.165, 1.54) is 13.3 Å². The zero-order valence-corrected chi connectivity index (χ0v) is 15.0. The molecule has 3 aromatic rings. The number of ketones is 1. The Balaban J connectivity index is 2.06. The number of carboxylic acid groups (broad SMARTS) is 1. The van der Waals surface area contributed by atoms with E-state index in [-0.39, 0.29) is 34.8 Å². The quantitative estimate of drug-likeness (QED) is 0.702. The Morgan fingerprint density at radius 3 is 2.54 bits per heavy atom. The zero-order valence-electron chi connectivity index (χ0n) is 15.0. The summed E-state index contributed by atoms with van der Waals surface area (Å²) in [7, 11) is 0. The molecule has 0 fully saturated rings. The molecular formula is C18H19N3O5. The van der Waals surface area contributed by atoms with E-state index in [1.807, 2.05) is 25.3 Å². The van der Waals surface area contributed by atoms with Crippen molar-refractivity contribution in [2.24, 2.45) is 0 Å². The highest BCUT2D eigenvalue weighted by Gasteiger charge is 2.23. The SMILES string of the molecule is CCn1c(C)cc(C(=O)Cn2cnc3oc(C)c(C(=O)O)c3c2=O)c1C. The number of fused-ring (bicyclic) bond motifs is 1. The molecule has 136 valence electrons. The number of nitrogens with zero attached hydrogens (tertiary/aromatic N) is 3. The van der Waals surface area contributed by atoms with Crippen LogP contribution in [0.5, 0.6) is 0 Å². The van der Waals surface area contributed by atoms with Crippen LogP contribution in [0.1, 0.15) is 44.8 Å². The molecule has 0 amide bonds. The lowest BCUT2D eigenvalue weighted by molar-refractivity contribution is 0.0696. The molecule has 8 nitrogen and oxygen atoms in total. The minimum absolute atomic E-state index is 0.0437. The van der Waals surface area contributed by atoms with Gasteiger partial charge < -0.3 is 14.1 Å². The fourth-order valence-corrected chi connectivity index (χ4v) is 3.32. The van der Waals surface area contributed by atoms with Crippen molar-refractivity contribution in [1.82, 2.24) is 14.1 Å². The number of aromatic carboxylic acids is 1. The van der Waals surface area contributed by atoms with Crippen LogP contribution >= 0.6 is 0 Å². The Bertz CT molecular complexity index is 1100. The highest BCUT2D eigenvalue weighted by Crippen LogP contribution is 2.21. The minimum atomic E-state index is -1.27. The fourth-order valence-electron chi connectivity index (χ4n) is 3.32. The number of Topliss-reactive ketones (excluding diaryl/α,β-unsaturated/α-hetero) is 1. The predicted molar refractivity (Wildman–Crippen MR) is 93.9 cm³/mol. The third-order valence-corrected chi connectivity index (χ3v) is 4.57. The molecule has 0 atom stereocenters. The van der Waals surface area contributed by atoms with Crippen LogP contribution in [-0.2, 0) is 13.1 Å². The van der Waals surface area contributed by atoms with E-state index in [9.17, 15) is 19.5 Å². The van der Waals surface area contributed by atoms with Gasteiger partial charge in [-0.25, -0.2) is 9.78 Å². The first-order valence-corrected chi connectivity index (χ1v) is 8.18. The third-order valence-electron chi connectivity index (χ3n) is 4.57. The fraction of sp³-hybridized carbons (Fsp3) is 0.333. The summed E-state index contributed by atoms with van der Waals surface area (Å²) >= 11 is 0. The summed E-state index contributed by atoms with van der Waals surface area (Å²) in [5.74, 6) is -1.40. The second-order valence-corrected chi connectivity index (χ2v) is 6.15. The molecule has 3 heterocycles. The summed E-state index contributed by atoms with van der Waals surface area (Å²) < 4.78 is 8.37. The van der Waals surface area contributed by atoms with Gasteiger partial charge in [-0.2, -0.15) is 0 Å². The molecule has 0 aliphatic heterocycles. The number of carbonyl (C=O) groups excluding carboxylic acids is 1. The molecule has 0 radical (unpaired) electrons. The van der Waals surface area contributed by atoms with Crippen molar-refractivity contribution in [3.8, 4) is 0 Å². The molecule has 0 aliphatic rings. The van der Waals surface area contributed by atoms with Gasteiger partial charge in [-0.3, -0.25) is 14.2 Å². The van der Waals surface area contributed by atoms with Crippen molar-refractivity contribution in [1.29, 1.82) is 0 Å². The normalized spacial score (nSPS) is 11.2. The Kier molecular flexibility index (Phi) is 4.27. The molecule has 0 aliphatic carbocycles. The molecule has 26 heavy (non-hydrogen) atoms. The zero-order chi connectivity index (χ0) is 19.2. The van der Waals surface area contributed by atoms with Gasteiger partial charge in [-0.15, -0.1) is 0 Å². The lowest BCUT2D eigenvalue weighted by Gasteiger charge is -2.07. The van der Waals surface area contributed by atoms with E-state index in [1.54, 1.807) is 6.07 Å². The summed E-state index contributed by atoms with van der Waals surface area (Å²) in [6, 6.07) is 1.79. The largest absolute Gasteiger partial charge is 0.478 e. The summed E-state index contributed by atoms with van der Waals surface area (Å²) in [6.45, 7) is 7.75. The van der Waals surface area contributed by atoms with E-state index >= 15 is 0 Å². The number of hydrogen-bond donors (Lipinski definition) is 1. The number of furan rings is 1. The van der Waals surface area contributed by atoms with Gasteiger partial charge in [0.25, 0.3) is 5.56 Å². The van der Waals surface area contributed by atoms with Crippen LogP contribution in [0.2, 0.25) is 0 Å². The van der Waals surface area contributed by atoms with Crippen LogP contribution in [-0.4, -0.2) is 31.0 Å². The first kappa shape index (κ1) is 17.7. The van der Waals surface area contributed by atoms with Gasteiger partial charge in [-0.1, -0.05) is 0 Å². The number of rotatable bonds is 5. The second-order valence-electron chi connectivity index (χ2n) is 6.15.